The number of carbonyl (C=O) groups excluding carboxylic acids is 1. The van der Waals surface area contributed by atoms with Crippen molar-refractivity contribution < 1.29 is 9.53 Å². The first-order chi connectivity index (χ1) is 18.8. The zero-order chi connectivity index (χ0) is 27.7. The highest BCUT2D eigenvalue weighted by Gasteiger charge is 2.29. The van der Waals surface area contributed by atoms with Crippen LogP contribution in [0.5, 0.6) is 5.75 Å². The van der Waals surface area contributed by atoms with Crippen LogP contribution in [-0.2, 0) is 6.42 Å². The molecule has 6 heteroatoms. The van der Waals surface area contributed by atoms with Crippen LogP contribution in [0.4, 0.5) is 5.69 Å². The Labute approximate surface area is 230 Å². The maximum atomic E-state index is 13.7. The number of hydrogen-bond donors (Lipinski definition) is 1. The SMILES string of the molecule is COc1cc(C)[nH]c(=O)c1CCC(=O)c1c(C)n([C@H](C)C2CCN(c3ccc(C)cc3)CC2)c2ccccc12. The number of aromatic amines is 1. The van der Waals surface area contributed by atoms with Crippen LogP contribution < -0.4 is 15.2 Å². The van der Waals surface area contributed by atoms with Gasteiger partial charge in [0, 0.05) is 59.1 Å². The molecule has 0 saturated carbocycles. The summed E-state index contributed by atoms with van der Waals surface area (Å²) in [6.07, 6.45) is 2.81. The molecule has 1 N–H and O–H groups in total. The quantitative estimate of drug-likeness (QED) is 0.265. The first-order valence-corrected chi connectivity index (χ1v) is 14.0. The van der Waals surface area contributed by atoms with Gasteiger partial charge in [0.1, 0.15) is 5.75 Å². The lowest BCUT2D eigenvalue weighted by Crippen LogP contribution is -2.36. The topological polar surface area (TPSA) is 67.3 Å². The van der Waals surface area contributed by atoms with Crippen LogP contribution in [0.3, 0.4) is 0 Å². The number of aromatic nitrogens is 2. The van der Waals surface area contributed by atoms with Gasteiger partial charge in [-0.25, -0.2) is 0 Å². The molecule has 0 radical (unpaired) electrons. The van der Waals surface area contributed by atoms with Crippen LogP contribution >= 0.6 is 0 Å². The van der Waals surface area contributed by atoms with Crippen LogP contribution in [0, 0.1) is 26.7 Å². The van der Waals surface area contributed by atoms with Gasteiger partial charge >= 0.3 is 0 Å². The van der Waals surface area contributed by atoms with Crippen molar-refractivity contribution >= 4 is 22.4 Å². The van der Waals surface area contributed by atoms with Crippen molar-refractivity contribution in [3.63, 3.8) is 0 Å². The van der Waals surface area contributed by atoms with E-state index in [2.05, 4.69) is 77.7 Å². The maximum absolute atomic E-state index is 13.7. The van der Waals surface area contributed by atoms with Gasteiger partial charge in [0.25, 0.3) is 5.56 Å². The van der Waals surface area contributed by atoms with Gasteiger partial charge in [-0.05, 0) is 77.1 Å². The van der Waals surface area contributed by atoms with E-state index in [1.54, 1.807) is 7.11 Å². The highest BCUT2D eigenvalue weighted by Crippen LogP contribution is 2.37. The molecule has 1 aliphatic rings. The minimum atomic E-state index is -0.190. The third-order valence-corrected chi connectivity index (χ3v) is 8.51. The molecule has 3 heterocycles. The van der Waals surface area contributed by atoms with Crippen molar-refractivity contribution in [2.75, 3.05) is 25.1 Å². The predicted octanol–water partition coefficient (Wildman–Crippen LogP) is 6.56. The lowest BCUT2D eigenvalue weighted by Gasteiger charge is -2.37. The Hall–Kier alpha value is -3.80. The number of ether oxygens (including phenoxy) is 1. The molecular formula is C33H39N3O3. The molecule has 0 amide bonds. The van der Waals surface area contributed by atoms with E-state index in [1.165, 1.54) is 11.3 Å². The number of anilines is 1. The summed E-state index contributed by atoms with van der Waals surface area (Å²) in [5.41, 5.74) is 6.55. The third kappa shape index (κ3) is 5.25. The van der Waals surface area contributed by atoms with Gasteiger partial charge in [0.05, 0.1) is 12.7 Å². The second kappa shape index (κ2) is 11.1. The summed E-state index contributed by atoms with van der Waals surface area (Å²) in [6.45, 7) is 10.4. The molecule has 1 aliphatic heterocycles. The average molecular weight is 526 g/mol. The van der Waals surface area contributed by atoms with Crippen LogP contribution in [0.2, 0.25) is 0 Å². The molecular weight excluding hydrogens is 486 g/mol. The van der Waals surface area contributed by atoms with Gasteiger partial charge in [-0.1, -0.05) is 35.9 Å². The molecule has 0 bridgehead atoms. The van der Waals surface area contributed by atoms with E-state index >= 15 is 0 Å². The van der Waals surface area contributed by atoms with Crippen molar-refractivity contribution in [3.8, 4) is 5.75 Å². The first kappa shape index (κ1) is 26.8. The van der Waals surface area contributed by atoms with Gasteiger partial charge in [-0.15, -0.1) is 0 Å². The van der Waals surface area contributed by atoms with Crippen LogP contribution in [-0.4, -0.2) is 35.5 Å². The summed E-state index contributed by atoms with van der Waals surface area (Å²) in [4.78, 5) is 31.6. The second-order valence-corrected chi connectivity index (χ2v) is 11.0. The maximum Gasteiger partial charge on any atom is 0.255 e. The Bertz CT molecular complexity index is 1540. The fraction of sp³-hybridized carbons (Fsp3) is 0.394. The van der Waals surface area contributed by atoms with E-state index in [1.807, 2.05) is 19.1 Å². The fourth-order valence-corrected chi connectivity index (χ4v) is 6.34. The molecule has 4 aromatic rings. The van der Waals surface area contributed by atoms with Gasteiger partial charge in [-0.3, -0.25) is 9.59 Å². The van der Waals surface area contributed by atoms with Crippen molar-refractivity contribution in [2.24, 2.45) is 5.92 Å². The monoisotopic (exact) mass is 525 g/mol. The number of benzene rings is 2. The third-order valence-electron chi connectivity index (χ3n) is 8.51. The Kier molecular flexibility index (Phi) is 7.65. The van der Waals surface area contributed by atoms with Gasteiger partial charge in [0.15, 0.2) is 5.78 Å². The molecule has 39 heavy (non-hydrogen) atoms. The molecule has 0 aliphatic carbocycles. The number of ketones is 1. The summed E-state index contributed by atoms with van der Waals surface area (Å²) < 4.78 is 7.83. The number of Topliss-reactive ketones (excluding diaryl/α,β-unsaturated/α-hetero) is 1. The number of nitrogens with zero attached hydrogens (tertiary/aromatic N) is 2. The van der Waals surface area contributed by atoms with Crippen molar-refractivity contribution in [1.82, 2.24) is 9.55 Å². The molecule has 0 unspecified atom stereocenters. The Morgan fingerprint density at radius 1 is 1.05 bits per heavy atom. The minimum Gasteiger partial charge on any atom is -0.496 e. The number of nitrogens with one attached hydrogen (secondary N) is 1. The van der Waals surface area contributed by atoms with E-state index in [-0.39, 0.29) is 23.8 Å². The molecule has 1 saturated heterocycles. The molecule has 5 rings (SSSR count). The number of methoxy groups -OCH3 is 1. The number of H-pyrrole nitrogens is 1. The smallest absolute Gasteiger partial charge is 0.255 e. The zero-order valence-electron chi connectivity index (χ0n) is 23.7. The van der Waals surface area contributed by atoms with Crippen molar-refractivity contribution in [1.29, 1.82) is 0 Å². The summed E-state index contributed by atoms with van der Waals surface area (Å²) in [7, 11) is 1.56. The van der Waals surface area contributed by atoms with Crippen LogP contribution in [0.25, 0.3) is 10.9 Å². The number of hydrogen-bond acceptors (Lipinski definition) is 4. The highest BCUT2D eigenvalue weighted by atomic mass is 16.5. The average Bonchev–Trinajstić information content (AvgIpc) is 3.23. The summed E-state index contributed by atoms with van der Waals surface area (Å²) in [6, 6.07) is 19.1. The van der Waals surface area contributed by atoms with E-state index in [4.69, 9.17) is 4.74 Å². The highest BCUT2D eigenvalue weighted by molar-refractivity contribution is 6.09. The fourth-order valence-electron chi connectivity index (χ4n) is 6.34. The number of aryl methyl sites for hydroxylation is 2. The van der Waals surface area contributed by atoms with Crippen LogP contribution in [0.1, 0.15) is 65.1 Å². The van der Waals surface area contributed by atoms with Crippen LogP contribution in [0.15, 0.2) is 59.4 Å². The molecule has 2 aromatic heterocycles. The lowest BCUT2D eigenvalue weighted by molar-refractivity contribution is 0.0983. The van der Waals surface area contributed by atoms with E-state index in [0.717, 1.165) is 53.8 Å². The Balaban J connectivity index is 1.37. The molecule has 0 spiro atoms. The second-order valence-electron chi connectivity index (χ2n) is 11.0. The lowest BCUT2D eigenvalue weighted by atomic mass is 9.89. The Morgan fingerprint density at radius 2 is 1.74 bits per heavy atom. The van der Waals surface area contributed by atoms with Crippen molar-refractivity contribution in [2.45, 2.75) is 59.4 Å². The molecule has 1 fully saturated rings. The van der Waals surface area contributed by atoms with Gasteiger partial charge in [-0.2, -0.15) is 0 Å². The zero-order valence-corrected chi connectivity index (χ0v) is 23.7. The standard InChI is InChI=1S/C33H39N3O3/c1-21-10-12-26(13-11-21)35-18-16-25(17-19-35)23(3)36-24(4)32(27-8-6-7-9-29(27)36)30(37)15-14-28-31(39-5)20-22(2)34-33(28)38/h6-13,20,23,25H,14-19H2,1-5H3,(H,34,38)/t23-/m1/s1. The van der Waals surface area contributed by atoms with E-state index in [9.17, 15) is 9.59 Å². The Morgan fingerprint density at radius 3 is 2.44 bits per heavy atom. The van der Waals surface area contributed by atoms with Crippen molar-refractivity contribution in [3.05, 3.63) is 93.0 Å². The largest absolute Gasteiger partial charge is 0.496 e. The number of piperidine rings is 1. The molecule has 1 atom stereocenters. The molecule has 6 nitrogen and oxygen atoms in total. The first-order valence-electron chi connectivity index (χ1n) is 14.0. The van der Waals surface area contributed by atoms with E-state index in [0.29, 0.717) is 23.7 Å². The predicted molar refractivity (Wildman–Crippen MR) is 159 cm³/mol. The molecule has 2 aromatic carbocycles. The number of carbonyl (C=O) groups is 1. The van der Waals surface area contributed by atoms with Gasteiger partial charge in [0.2, 0.25) is 0 Å². The normalized spacial score (nSPS) is 15.1. The molecule has 204 valence electrons. The summed E-state index contributed by atoms with van der Waals surface area (Å²) in [5.74, 6) is 1.12. The summed E-state index contributed by atoms with van der Waals surface area (Å²) >= 11 is 0. The number of rotatable bonds is 8. The van der Waals surface area contributed by atoms with Gasteiger partial charge < -0.3 is 19.2 Å². The number of para-hydroxylation sites is 1. The number of pyridine rings is 1. The number of fused-ring (bicyclic) bond motifs is 1. The summed E-state index contributed by atoms with van der Waals surface area (Å²) in [5, 5.41) is 0.994. The minimum absolute atomic E-state index is 0.0610. The van der Waals surface area contributed by atoms with E-state index < -0.39 is 0 Å².